The summed E-state index contributed by atoms with van der Waals surface area (Å²) in [6.45, 7) is 0.0186. The van der Waals surface area contributed by atoms with Gasteiger partial charge in [-0.2, -0.15) is 5.10 Å². The van der Waals surface area contributed by atoms with Gasteiger partial charge >= 0.3 is 0 Å². The number of rotatable bonds is 3. The largest absolute Gasteiger partial charge is 0.363 e. The van der Waals surface area contributed by atoms with Crippen LogP contribution in [0.25, 0.3) is 0 Å². The summed E-state index contributed by atoms with van der Waals surface area (Å²) < 4.78 is 25.8. The van der Waals surface area contributed by atoms with Crippen molar-refractivity contribution in [2.45, 2.75) is 19.4 Å². The molecule has 1 rings (SSSR count). The second-order valence-corrected chi connectivity index (χ2v) is 2.68. The van der Waals surface area contributed by atoms with Gasteiger partial charge in [0.05, 0.1) is 0 Å². The summed E-state index contributed by atoms with van der Waals surface area (Å²) in [4.78, 5) is 14.1. The number of hydrogen-bond donors (Lipinski definition) is 1. The summed E-state index contributed by atoms with van der Waals surface area (Å²) in [5.41, 5.74) is 4.87. The standard InChI is InChI=1S/C6H8F2N4O/c1-6(7,8)2-12-5(4(9)13)10-3-11-12/h3H,2H2,1H3,(H2,9,13). The normalized spacial score (nSPS) is 11.6. The van der Waals surface area contributed by atoms with Gasteiger partial charge in [0.15, 0.2) is 0 Å². The molecule has 0 aliphatic carbocycles. The minimum Gasteiger partial charge on any atom is -0.363 e. The van der Waals surface area contributed by atoms with E-state index in [2.05, 4.69) is 10.1 Å². The lowest BCUT2D eigenvalue weighted by Crippen LogP contribution is -2.26. The Morgan fingerprint density at radius 2 is 2.38 bits per heavy atom. The molecule has 5 nitrogen and oxygen atoms in total. The average molecular weight is 190 g/mol. The molecule has 1 aromatic heterocycles. The van der Waals surface area contributed by atoms with E-state index in [1.54, 1.807) is 0 Å². The van der Waals surface area contributed by atoms with E-state index in [0.29, 0.717) is 0 Å². The van der Waals surface area contributed by atoms with Crippen molar-refractivity contribution in [1.82, 2.24) is 14.8 Å². The monoisotopic (exact) mass is 190 g/mol. The van der Waals surface area contributed by atoms with Crippen molar-refractivity contribution in [2.75, 3.05) is 0 Å². The summed E-state index contributed by atoms with van der Waals surface area (Å²) >= 11 is 0. The third-order valence-electron chi connectivity index (χ3n) is 1.26. The lowest BCUT2D eigenvalue weighted by molar-refractivity contribution is -0.0000592. The van der Waals surface area contributed by atoms with Gasteiger partial charge in [-0.15, -0.1) is 0 Å². The fourth-order valence-electron chi connectivity index (χ4n) is 0.834. The fourth-order valence-corrected chi connectivity index (χ4v) is 0.834. The molecular weight excluding hydrogens is 182 g/mol. The van der Waals surface area contributed by atoms with Gasteiger partial charge in [-0.1, -0.05) is 0 Å². The first kappa shape index (κ1) is 9.56. The van der Waals surface area contributed by atoms with Gasteiger partial charge in [-0.25, -0.2) is 18.4 Å². The summed E-state index contributed by atoms with van der Waals surface area (Å²) in [6.07, 6.45) is 1.01. The molecule has 2 N–H and O–H groups in total. The quantitative estimate of drug-likeness (QED) is 0.730. The molecule has 0 atom stereocenters. The van der Waals surface area contributed by atoms with Crippen molar-refractivity contribution < 1.29 is 13.6 Å². The molecule has 1 amide bonds. The minimum absolute atomic E-state index is 0.262. The molecule has 0 aromatic carbocycles. The molecule has 0 bridgehead atoms. The Kier molecular flexibility index (Phi) is 2.26. The van der Waals surface area contributed by atoms with Crippen molar-refractivity contribution in [2.24, 2.45) is 5.73 Å². The lowest BCUT2D eigenvalue weighted by atomic mass is 10.4. The van der Waals surface area contributed by atoms with Crippen LogP contribution in [0, 0.1) is 0 Å². The number of nitrogens with zero attached hydrogens (tertiary/aromatic N) is 3. The Labute approximate surface area is 72.6 Å². The van der Waals surface area contributed by atoms with Crippen LogP contribution in [-0.2, 0) is 6.54 Å². The smallest absolute Gasteiger partial charge is 0.286 e. The van der Waals surface area contributed by atoms with Crippen LogP contribution < -0.4 is 5.73 Å². The fraction of sp³-hybridized carbons (Fsp3) is 0.500. The third kappa shape index (κ3) is 2.46. The molecule has 0 radical (unpaired) electrons. The average Bonchev–Trinajstić information content (AvgIpc) is 2.31. The number of carbonyl (C=O) groups excluding carboxylic acids is 1. The highest BCUT2D eigenvalue weighted by atomic mass is 19.3. The zero-order chi connectivity index (χ0) is 10.1. The lowest BCUT2D eigenvalue weighted by Gasteiger charge is -2.10. The molecule has 0 saturated carbocycles. The molecule has 1 heterocycles. The van der Waals surface area contributed by atoms with E-state index in [0.717, 1.165) is 17.9 Å². The van der Waals surface area contributed by atoms with E-state index in [1.807, 2.05) is 0 Å². The Morgan fingerprint density at radius 3 is 2.85 bits per heavy atom. The van der Waals surface area contributed by atoms with Crippen LogP contribution in [0.15, 0.2) is 6.33 Å². The minimum atomic E-state index is -2.95. The second-order valence-electron chi connectivity index (χ2n) is 2.68. The SMILES string of the molecule is CC(F)(F)Cn1ncnc1C(N)=O. The molecule has 72 valence electrons. The second kappa shape index (κ2) is 3.08. The van der Waals surface area contributed by atoms with Crippen molar-refractivity contribution in [1.29, 1.82) is 0 Å². The number of aromatic nitrogens is 3. The van der Waals surface area contributed by atoms with Gasteiger partial charge < -0.3 is 5.73 Å². The summed E-state index contributed by atoms with van der Waals surface area (Å²) in [5, 5.41) is 3.45. The van der Waals surface area contributed by atoms with E-state index >= 15 is 0 Å². The van der Waals surface area contributed by atoms with Crippen molar-refractivity contribution >= 4 is 5.91 Å². The van der Waals surface area contributed by atoms with E-state index in [-0.39, 0.29) is 5.82 Å². The van der Waals surface area contributed by atoms with Crippen molar-refractivity contribution in [3.05, 3.63) is 12.2 Å². The maximum absolute atomic E-state index is 12.5. The van der Waals surface area contributed by atoms with Crippen LogP contribution in [0.3, 0.4) is 0 Å². The Hall–Kier alpha value is -1.53. The third-order valence-corrected chi connectivity index (χ3v) is 1.26. The van der Waals surface area contributed by atoms with Crippen LogP contribution in [0.4, 0.5) is 8.78 Å². The van der Waals surface area contributed by atoms with Gasteiger partial charge in [0.2, 0.25) is 5.82 Å². The van der Waals surface area contributed by atoms with E-state index in [1.165, 1.54) is 0 Å². The van der Waals surface area contributed by atoms with E-state index in [4.69, 9.17) is 5.73 Å². The molecule has 0 spiro atoms. The maximum Gasteiger partial charge on any atom is 0.286 e. The van der Waals surface area contributed by atoms with Crippen molar-refractivity contribution in [3.63, 3.8) is 0 Å². The van der Waals surface area contributed by atoms with Crippen molar-refractivity contribution in [3.8, 4) is 0 Å². The van der Waals surface area contributed by atoms with Crippen LogP contribution in [0.1, 0.15) is 17.5 Å². The Bertz CT molecular complexity index is 317. The molecule has 0 unspecified atom stereocenters. The highest BCUT2D eigenvalue weighted by molar-refractivity contribution is 5.88. The summed E-state index contributed by atoms with van der Waals surface area (Å²) in [5.74, 6) is -4.08. The van der Waals surface area contributed by atoms with Crippen LogP contribution in [0.5, 0.6) is 0 Å². The first-order valence-electron chi connectivity index (χ1n) is 3.45. The van der Waals surface area contributed by atoms with Gasteiger partial charge in [-0.3, -0.25) is 4.79 Å². The van der Waals surface area contributed by atoms with E-state index in [9.17, 15) is 13.6 Å². The topological polar surface area (TPSA) is 73.8 Å². The zero-order valence-electron chi connectivity index (χ0n) is 6.87. The van der Waals surface area contributed by atoms with E-state index < -0.39 is 18.4 Å². The number of carbonyl (C=O) groups is 1. The highest BCUT2D eigenvalue weighted by Crippen LogP contribution is 2.14. The molecule has 0 saturated heterocycles. The number of alkyl halides is 2. The predicted octanol–water partition coefficient (Wildman–Crippen LogP) is 0.0322. The first-order chi connectivity index (χ1) is 5.90. The molecular formula is C6H8F2N4O. The van der Waals surface area contributed by atoms with Gasteiger partial charge in [-0.05, 0) is 0 Å². The van der Waals surface area contributed by atoms with Gasteiger partial charge in [0, 0.05) is 6.92 Å². The Balaban J connectivity index is 2.89. The van der Waals surface area contributed by atoms with Gasteiger partial charge in [0.1, 0.15) is 12.9 Å². The predicted molar refractivity (Wildman–Crippen MR) is 39.2 cm³/mol. The zero-order valence-corrected chi connectivity index (χ0v) is 6.87. The molecule has 13 heavy (non-hydrogen) atoms. The Morgan fingerprint density at radius 1 is 1.77 bits per heavy atom. The summed E-state index contributed by atoms with van der Waals surface area (Å²) in [6, 6.07) is 0. The number of halogens is 2. The van der Waals surface area contributed by atoms with Crippen LogP contribution in [0.2, 0.25) is 0 Å². The number of primary amides is 1. The maximum atomic E-state index is 12.5. The highest BCUT2D eigenvalue weighted by Gasteiger charge is 2.25. The van der Waals surface area contributed by atoms with Crippen LogP contribution in [-0.4, -0.2) is 26.6 Å². The molecule has 0 aliphatic rings. The number of amides is 1. The first-order valence-corrected chi connectivity index (χ1v) is 3.45. The molecule has 0 fully saturated rings. The molecule has 0 aliphatic heterocycles. The number of hydrogen-bond acceptors (Lipinski definition) is 3. The number of nitrogens with two attached hydrogens (primary N) is 1. The van der Waals surface area contributed by atoms with Gasteiger partial charge in [0.25, 0.3) is 11.8 Å². The molecule has 7 heteroatoms. The van der Waals surface area contributed by atoms with Crippen LogP contribution >= 0.6 is 0 Å². The molecule has 1 aromatic rings. The summed E-state index contributed by atoms with van der Waals surface area (Å²) in [7, 11) is 0.